The molecular formula is C93H98N10O11S3. The molecule has 3 saturated heterocycles. The highest BCUT2D eigenvalue weighted by Crippen LogP contribution is 2.51. The van der Waals surface area contributed by atoms with Gasteiger partial charge in [-0.25, -0.2) is 19.4 Å². The number of ether oxygens (including phenoxy) is 5. The topological polar surface area (TPSA) is 276 Å². The predicted octanol–water partition coefficient (Wildman–Crippen LogP) is 20.1. The van der Waals surface area contributed by atoms with Crippen molar-refractivity contribution in [2.45, 2.75) is 122 Å². The number of aromatic carboxylic acids is 1. The van der Waals surface area contributed by atoms with Gasteiger partial charge in [0.25, 0.3) is 0 Å². The van der Waals surface area contributed by atoms with Crippen molar-refractivity contribution in [1.29, 1.82) is 0 Å². The van der Waals surface area contributed by atoms with Crippen LogP contribution < -0.4 is 36.8 Å². The fourth-order valence-electron chi connectivity index (χ4n) is 15.2. The number of pyridine rings is 3. The third kappa shape index (κ3) is 20.3. The number of hydrogen-bond donors (Lipinski definition) is 5. The summed E-state index contributed by atoms with van der Waals surface area (Å²) in [7, 11) is 0. The lowest BCUT2D eigenvalue weighted by Gasteiger charge is -2.31. The van der Waals surface area contributed by atoms with E-state index < -0.39 is 29.4 Å². The summed E-state index contributed by atoms with van der Waals surface area (Å²) in [5.74, 6) is 0.618. The van der Waals surface area contributed by atoms with Gasteiger partial charge in [-0.05, 0) is 266 Å². The Bertz CT molecular complexity index is 5600. The van der Waals surface area contributed by atoms with E-state index in [9.17, 15) is 24.0 Å². The molecule has 21 nitrogen and oxygen atoms in total. The number of ketones is 2. The van der Waals surface area contributed by atoms with E-state index in [1.807, 2.05) is 162 Å². The molecule has 6 aromatic carbocycles. The van der Waals surface area contributed by atoms with Crippen LogP contribution in [0.1, 0.15) is 157 Å². The zero-order valence-corrected chi connectivity index (χ0v) is 69.2. The van der Waals surface area contributed by atoms with Gasteiger partial charge in [-0.15, -0.1) is 34.0 Å². The summed E-state index contributed by atoms with van der Waals surface area (Å²) in [5, 5.41) is 27.2. The molecule has 24 heteroatoms. The maximum absolute atomic E-state index is 13.6. The molecule has 0 unspecified atom stereocenters. The number of carboxylic acids is 1. The van der Waals surface area contributed by atoms with Crippen LogP contribution in [-0.4, -0.2) is 140 Å². The number of nitrogen functional groups attached to an aromatic ring is 2. The van der Waals surface area contributed by atoms with Gasteiger partial charge in [0.1, 0.15) is 28.3 Å². The Labute approximate surface area is 693 Å². The van der Waals surface area contributed by atoms with E-state index in [0.717, 1.165) is 143 Å². The van der Waals surface area contributed by atoms with E-state index >= 15 is 0 Å². The number of thiophene rings is 3. The summed E-state index contributed by atoms with van der Waals surface area (Å²) in [6.07, 6.45) is 12.0. The Hall–Kier alpha value is -11.1. The molecule has 3 saturated carbocycles. The van der Waals surface area contributed by atoms with Crippen LogP contribution in [-0.2, 0) is 36.5 Å². The first-order valence-corrected chi connectivity index (χ1v) is 42.7. The van der Waals surface area contributed by atoms with Crippen LogP contribution in [0.25, 0.3) is 63.6 Å². The summed E-state index contributed by atoms with van der Waals surface area (Å²) in [6.45, 7) is 20.9. The van der Waals surface area contributed by atoms with Crippen molar-refractivity contribution in [3.8, 4) is 31.3 Å². The number of hydrogen-bond acceptors (Lipinski definition) is 21. The lowest BCUT2D eigenvalue weighted by molar-refractivity contribution is 0.0624. The van der Waals surface area contributed by atoms with Crippen molar-refractivity contribution >= 4 is 136 Å². The standard InChI is InChI=1S/C33H35N3O4S.C28H27N3O2S.C17H18N2O3.C15H18N2O2S/c1-33(2,3)40-32(38)35-26-10-8-23(30-5-4-16-41-30)17-24(26)19-29(37)27-18-22-9-11-28(36-12-14-39-15-13-36)31(21-6-7-21)25(22)20-34-27;29-23-7-5-20(27-2-1-13-34-27)14-21(23)16-26(32)24-15-19-6-8-25(31-9-11-33-12-10-31)28(18-3-4-18)22(19)17-30-24;20-17(21)14-9-12-3-4-15(19-5-7-22-8-6-19)16(11-1-2-11)13(12)10-18-14;1-15(2,3)19-14(18)17-12-7-6-10(9-11(12)16)13-5-4-8-20-13/h4-5,8-11,16-18,20-21H,6-7,12-15,19H2,1-3H3,(H,35,38);1-2,5-8,13-15,17-18H,3-4,9-12,16,29H2;3-4,9-11H,1-2,5-8H2,(H,20,21);4-9H,16H2,1-3H3,(H,17,18). The van der Waals surface area contributed by atoms with Crippen LogP contribution >= 0.6 is 34.0 Å². The second-order valence-corrected chi connectivity index (χ2v) is 35.1. The molecule has 0 spiro atoms. The Morgan fingerprint density at radius 3 is 1.15 bits per heavy atom. The van der Waals surface area contributed by atoms with Gasteiger partial charge in [0.15, 0.2) is 11.6 Å². The number of carbonyl (C=O) groups is 5. The third-order valence-electron chi connectivity index (χ3n) is 21.3. The number of Topliss-reactive ketones (excluding diaryl/α,β-unsaturated/α-hetero) is 2. The molecule has 2 amide bonds. The van der Waals surface area contributed by atoms with Gasteiger partial charge in [-0.1, -0.05) is 54.6 Å². The molecule has 9 heterocycles. The van der Waals surface area contributed by atoms with Gasteiger partial charge in [-0.3, -0.25) is 30.2 Å². The summed E-state index contributed by atoms with van der Waals surface area (Å²) in [4.78, 5) is 86.3. The highest BCUT2D eigenvalue weighted by atomic mass is 32.1. The normalized spacial score (nSPS) is 15.6. The largest absolute Gasteiger partial charge is 0.477 e. The molecule has 6 aromatic heterocycles. The maximum Gasteiger partial charge on any atom is 0.412 e. The van der Waals surface area contributed by atoms with Crippen molar-refractivity contribution in [2.24, 2.45) is 0 Å². The van der Waals surface area contributed by atoms with Gasteiger partial charge in [0.2, 0.25) is 0 Å². The summed E-state index contributed by atoms with van der Waals surface area (Å²) in [6, 6.07) is 47.7. The number of amides is 2. The first kappa shape index (κ1) is 81.0. The van der Waals surface area contributed by atoms with Crippen LogP contribution in [0, 0.1) is 0 Å². The smallest absolute Gasteiger partial charge is 0.412 e. The minimum atomic E-state index is -0.980. The number of nitrogens with two attached hydrogens (primary N) is 2. The van der Waals surface area contributed by atoms with Crippen molar-refractivity contribution in [1.82, 2.24) is 15.0 Å². The predicted molar refractivity (Wildman–Crippen MR) is 471 cm³/mol. The number of carboxylic acid groups (broad SMARTS) is 1. The highest BCUT2D eigenvalue weighted by Gasteiger charge is 2.34. The van der Waals surface area contributed by atoms with Crippen molar-refractivity contribution < 1.29 is 52.8 Å². The van der Waals surface area contributed by atoms with Gasteiger partial charge in [-0.2, -0.15) is 0 Å². The fourth-order valence-corrected chi connectivity index (χ4v) is 17.4. The summed E-state index contributed by atoms with van der Waals surface area (Å²) >= 11 is 4.95. The monoisotopic (exact) mass is 1630 g/mol. The van der Waals surface area contributed by atoms with Crippen molar-refractivity contribution in [2.75, 3.05) is 116 Å². The minimum absolute atomic E-state index is 0.0119. The molecule has 0 radical (unpaired) electrons. The molecule has 0 bridgehead atoms. The summed E-state index contributed by atoms with van der Waals surface area (Å²) < 4.78 is 27.2. The fraction of sp³-hybridized carbons (Fsp3) is 0.333. The second-order valence-electron chi connectivity index (χ2n) is 32.3. The van der Waals surface area contributed by atoms with Crippen LogP contribution in [0.2, 0.25) is 0 Å². The van der Waals surface area contributed by atoms with Gasteiger partial charge in [0.05, 0.1) is 51.0 Å². The number of morpholine rings is 3. The van der Waals surface area contributed by atoms with Gasteiger partial charge in [0, 0.05) is 130 Å². The first-order valence-electron chi connectivity index (χ1n) is 40.1. The Morgan fingerprint density at radius 2 is 0.786 bits per heavy atom. The van der Waals surface area contributed by atoms with Crippen LogP contribution in [0.3, 0.4) is 0 Å². The third-order valence-corrected chi connectivity index (χ3v) is 24.0. The summed E-state index contributed by atoms with van der Waals surface area (Å²) in [5.41, 5.74) is 26.9. The lowest BCUT2D eigenvalue weighted by Crippen LogP contribution is -2.36. The first-order chi connectivity index (χ1) is 56.5. The molecule has 0 atom stereocenters. The molecule has 6 aliphatic rings. The molecule has 7 N–H and O–H groups in total. The van der Waals surface area contributed by atoms with Crippen LogP contribution in [0.4, 0.5) is 49.4 Å². The van der Waals surface area contributed by atoms with E-state index in [4.69, 9.17) is 40.3 Å². The number of fused-ring (bicyclic) bond motifs is 3. The number of nitrogens with one attached hydrogen (secondary N) is 2. The Kier molecular flexibility index (Phi) is 24.8. The Morgan fingerprint density at radius 1 is 0.436 bits per heavy atom. The van der Waals surface area contributed by atoms with Crippen molar-refractivity contribution in [3.63, 3.8) is 0 Å². The number of aromatic nitrogens is 3. The SMILES string of the molecule is CC(C)(C)OC(=O)Nc1ccc(-c2cccs2)cc1CC(=O)c1cc2ccc(N3CCOCC3)c(C3CC3)c2cn1.CC(C)(C)OC(=O)Nc1ccc(-c2cccs2)cc1N.Nc1ccc(-c2cccs2)cc1CC(=O)c1cc2ccc(N3CCOCC3)c(C3CC3)c2cn1.O=C(O)c1cc2ccc(N3CCOCC3)c(C3CC3)c2cn1. The molecule has 3 aliphatic heterocycles. The molecule has 604 valence electrons. The number of anilines is 7. The maximum atomic E-state index is 13.6. The number of nitrogens with zero attached hydrogens (tertiary/aromatic N) is 6. The molecule has 3 aliphatic carbocycles. The van der Waals surface area contributed by atoms with E-state index in [1.165, 1.54) is 82.5 Å². The van der Waals surface area contributed by atoms with E-state index in [1.54, 1.807) is 52.3 Å². The van der Waals surface area contributed by atoms with E-state index in [0.29, 0.717) is 51.9 Å². The Balaban J connectivity index is 0.000000127. The molecule has 12 aromatic rings. The van der Waals surface area contributed by atoms with Crippen molar-refractivity contribution in [3.05, 3.63) is 225 Å². The lowest BCUT2D eigenvalue weighted by atomic mass is 9.97. The quantitative estimate of drug-likeness (QED) is 0.0394. The second kappa shape index (κ2) is 35.8. The molecule has 117 heavy (non-hydrogen) atoms. The van der Waals surface area contributed by atoms with Crippen LogP contribution in [0.5, 0.6) is 0 Å². The minimum Gasteiger partial charge on any atom is -0.477 e. The number of carbonyl (C=O) groups excluding carboxylic acids is 4. The van der Waals surface area contributed by atoms with E-state index in [2.05, 4.69) is 82.1 Å². The molecule has 18 rings (SSSR count). The zero-order valence-electron chi connectivity index (χ0n) is 66.8. The highest BCUT2D eigenvalue weighted by molar-refractivity contribution is 7.14. The average Bonchev–Trinajstić information content (AvgIpc) is 1.26. The zero-order chi connectivity index (χ0) is 81.5. The van der Waals surface area contributed by atoms with Crippen LogP contribution in [0.15, 0.2) is 180 Å². The number of benzene rings is 6. The molecule has 6 fully saturated rings. The van der Waals surface area contributed by atoms with Gasteiger partial charge < -0.3 is 55.0 Å². The van der Waals surface area contributed by atoms with E-state index in [-0.39, 0.29) is 30.1 Å². The van der Waals surface area contributed by atoms with Gasteiger partial charge >= 0.3 is 18.2 Å². The molecular weight excluding hydrogens is 1530 g/mol. The average molecular weight is 1630 g/mol. The number of rotatable bonds is 18.